The summed E-state index contributed by atoms with van der Waals surface area (Å²) in [6, 6.07) is 5.45. The summed E-state index contributed by atoms with van der Waals surface area (Å²) in [7, 11) is 0. The number of hydrogen-bond donors (Lipinski definition) is 1. The number of primary amides is 1. The lowest BCUT2D eigenvalue weighted by atomic mass is 10.2. The van der Waals surface area contributed by atoms with Crippen LogP contribution in [-0.4, -0.2) is 15.6 Å². The largest absolute Gasteiger partial charge is 0.410 e. The molecule has 0 atom stereocenters. The highest BCUT2D eigenvalue weighted by Gasteiger charge is 2.28. The first-order valence-corrected chi connectivity index (χ1v) is 6.26. The molecular formula is C14H15N3O2. The Morgan fingerprint density at radius 2 is 2.26 bits per heavy atom. The molecule has 0 unspecified atom stereocenters. The topological polar surface area (TPSA) is 70.1 Å². The van der Waals surface area contributed by atoms with Crippen molar-refractivity contribution in [3.05, 3.63) is 42.0 Å². The molecule has 1 amide bonds. The van der Waals surface area contributed by atoms with Crippen LogP contribution in [0.15, 0.2) is 30.6 Å². The molecule has 1 aliphatic carbocycles. The monoisotopic (exact) mass is 257 g/mol. The Kier molecular flexibility index (Phi) is 2.74. The van der Waals surface area contributed by atoms with Crippen molar-refractivity contribution in [2.24, 2.45) is 5.73 Å². The van der Waals surface area contributed by atoms with Crippen molar-refractivity contribution < 1.29 is 9.53 Å². The molecule has 19 heavy (non-hydrogen) atoms. The molecule has 3 rings (SSSR count). The normalized spacial score (nSPS) is 14.4. The molecular weight excluding hydrogens is 242 g/mol. The number of nitrogens with zero attached hydrogens (tertiary/aromatic N) is 2. The molecule has 0 aliphatic heterocycles. The van der Waals surface area contributed by atoms with Crippen LogP contribution in [0.4, 0.5) is 4.79 Å². The predicted molar refractivity (Wildman–Crippen MR) is 70.5 cm³/mol. The molecule has 2 N–H and O–H groups in total. The van der Waals surface area contributed by atoms with E-state index in [1.807, 2.05) is 25.3 Å². The van der Waals surface area contributed by atoms with E-state index in [0.717, 1.165) is 17.1 Å². The molecule has 2 aromatic rings. The molecule has 0 radical (unpaired) electrons. The van der Waals surface area contributed by atoms with Gasteiger partial charge in [0.1, 0.15) is 11.6 Å². The van der Waals surface area contributed by atoms with Crippen LogP contribution in [0, 0.1) is 6.92 Å². The number of nitrogens with two attached hydrogens (primary N) is 1. The van der Waals surface area contributed by atoms with Crippen LogP contribution >= 0.6 is 0 Å². The number of carbonyl (C=O) groups excluding carboxylic acids is 1. The van der Waals surface area contributed by atoms with Crippen LogP contribution in [0.25, 0.3) is 5.69 Å². The average molecular weight is 257 g/mol. The number of aryl methyl sites for hydroxylation is 1. The highest BCUT2D eigenvalue weighted by molar-refractivity contribution is 5.68. The summed E-state index contributed by atoms with van der Waals surface area (Å²) < 4.78 is 6.99. The lowest BCUT2D eigenvalue weighted by Crippen LogP contribution is -2.16. The fraction of sp³-hybridized carbons (Fsp3) is 0.286. The predicted octanol–water partition coefficient (Wildman–Crippen LogP) is 2.52. The third-order valence-corrected chi connectivity index (χ3v) is 3.27. The second kappa shape index (κ2) is 4.42. The Hall–Kier alpha value is -2.30. The molecule has 5 heteroatoms. The third kappa shape index (κ3) is 2.31. The number of carbonyl (C=O) groups is 1. The van der Waals surface area contributed by atoms with Crippen LogP contribution in [0.5, 0.6) is 5.75 Å². The van der Waals surface area contributed by atoms with E-state index in [-0.39, 0.29) is 0 Å². The van der Waals surface area contributed by atoms with Gasteiger partial charge in [0.05, 0.1) is 5.69 Å². The second-order valence-electron chi connectivity index (χ2n) is 4.80. The minimum Gasteiger partial charge on any atom is -0.410 e. The van der Waals surface area contributed by atoms with Crippen molar-refractivity contribution in [1.82, 2.24) is 9.55 Å². The van der Waals surface area contributed by atoms with Crippen LogP contribution in [0.2, 0.25) is 0 Å². The van der Waals surface area contributed by atoms with Gasteiger partial charge in [-0.25, -0.2) is 9.78 Å². The summed E-state index contributed by atoms with van der Waals surface area (Å²) in [4.78, 5) is 15.2. The maximum absolute atomic E-state index is 10.8. The van der Waals surface area contributed by atoms with Crippen LogP contribution in [0.3, 0.4) is 0 Å². The van der Waals surface area contributed by atoms with Gasteiger partial charge in [0.2, 0.25) is 0 Å². The van der Waals surface area contributed by atoms with E-state index in [9.17, 15) is 4.79 Å². The molecule has 0 saturated heterocycles. The summed E-state index contributed by atoms with van der Waals surface area (Å²) in [6.07, 6.45) is 5.31. The van der Waals surface area contributed by atoms with Gasteiger partial charge in [-0.1, -0.05) is 6.07 Å². The molecule has 1 aliphatic rings. The Labute approximate surface area is 111 Å². The fourth-order valence-corrected chi connectivity index (χ4v) is 2.19. The van der Waals surface area contributed by atoms with Gasteiger partial charge in [-0.3, -0.25) is 0 Å². The SMILES string of the molecule is Cc1ccc(OC(N)=O)cc1-n1ccnc1C1CC1. The minimum absolute atomic E-state index is 0.448. The zero-order valence-corrected chi connectivity index (χ0v) is 10.7. The van der Waals surface area contributed by atoms with Crippen molar-refractivity contribution in [1.29, 1.82) is 0 Å². The maximum Gasteiger partial charge on any atom is 0.409 e. The van der Waals surface area contributed by atoms with Crippen molar-refractivity contribution >= 4 is 6.09 Å². The van der Waals surface area contributed by atoms with Gasteiger partial charge in [0, 0.05) is 24.4 Å². The van der Waals surface area contributed by atoms with Gasteiger partial charge in [-0.2, -0.15) is 0 Å². The molecule has 1 aromatic carbocycles. The van der Waals surface area contributed by atoms with E-state index in [1.54, 1.807) is 12.3 Å². The molecule has 0 spiro atoms. The van der Waals surface area contributed by atoms with Gasteiger partial charge in [0.15, 0.2) is 0 Å². The molecule has 1 fully saturated rings. The third-order valence-electron chi connectivity index (χ3n) is 3.27. The van der Waals surface area contributed by atoms with Gasteiger partial charge in [0.25, 0.3) is 0 Å². The van der Waals surface area contributed by atoms with Crippen molar-refractivity contribution in [3.63, 3.8) is 0 Å². The number of rotatable bonds is 3. The standard InChI is InChI=1S/C14H15N3O2/c1-9-2-5-11(19-14(15)18)8-12(9)17-7-6-16-13(17)10-3-4-10/h2,5-8,10H,3-4H2,1H3,(H2,15,18). The van der Waals surface area contributed by atoms with E-state index in [2.05, 4.69) is 9.55 Å². The molecule has 0 bridgehead atoms. The van der Waals surface area contributed by atoms with E-state index < -0.39 is 6.09 Å². The van der Waals surface area contributed by atoms with Crippen LogP contribution in [0.1, 0.15) is 30.1 Å². The molecule has 1 aromatic heterocycles. The van der Waals surface area contributed by atoms with E-state index >= 15 is 0 Å². The summed E-state index contributed by atoms with van der Waals surface area (Å²) in [6.45, 7) is 2.01. The summed E-state index contributed by atoms with van der Waals surface area (Å²) in [5, 5.41) is 0. The molecule has 98 valence electrons. The second-order valence-corrected chi connectivity index (χ2v) is 4.80. The first-order valence-electron chi connectivity index (χ1n) is 6.26. The smallest absolute Gasteiger partial charge is 0.409 e. The van der Waals surface area contributed by atoms with Crippen molar-refractivity contribution in [2.75, 3.05) is 0 Å². The van der Waals surface area contributed by atoms with E-state index in [4.69, 9.17) is 10.5 Å². The summed E-state index contributed by atoms with van der Waals surface area (Å²) >= 11 is 0. The van der Waals surface area contributed by atoms with Gasteiger partial charge >= 0.3 is 6.09 Å². The van der Waals surface area contributed by atoms with Crippen LogP contribution in [-0.2, 0) is 0 Å². The zero-order chi connectivity index (χ0) is 13.4. The minimum atomic E-state index is -0.803. The lowest BCUT2D eigenvalue weighted by Gasteiger charge is -2.12. The van der Waals surface area contributed by atoms with E-state index in [0.29, 0.717) is 11.7 Å². The zero-order valence-electron chi connectivity index (χ0n) is 10.7. The van der Waals surface area contributed by atoms with Crippen molar-refractivity contribution in [2.45, 2.75) is 25.7 Å². The number of hydrogen-bond acceptors (Lipinski definition) is 3. The Balaban J connectivity index is 2.02. The first kappa shape index (κ1) is 11.8. The highest BCUT2D eigenvalue weighted by Crippen LogP contribution is 2.40. The number of benzene rings is 1. The number of amides is 1. The van der Waals surface area contributed by atoms with E-state index in [1.165, 1.54) is 12.8 Å². The maximum atomic E-state index is 10.8. The number of aromatic nitrogens is 2. The van der Waals surface area contributed by atoms with Gasteiger partial charge in [-0.15, -0.1) is 0 Å². The Bertz CT molecular complexity index is 629. The fourth-order valence-electron chi connectivity index (χ4n) is 2.19. The first-order chi connectivity index (χ1) is 9.15. The number of imidazole rings is 1. The van der Waals surface area contributed by atoms with Crippen molar-refractivity contribution in [3.8, 4) is 11.4 Å². The van der Waals surface area contributed by atoms with Gasteiger partial charge < -0.3 is 15.0 Å². The lowest BCUT2D eigenvalue weighted by molar-refractivity contribution is 0.211. The Morgan fingerprint density at radius 1 is 1.47 bits per heavy atom. The summed E-state index contributed by atoms with van der Waals surface area (Å²) in [5.41, 5.74) is 7.10. The quantitative estimate of drug-likeness (QED) is 0.918. The summed E-state index contributed by atoms with van der Waals surface area (Å²) in [5.74, 6) is 2.07. The number of ether oxygens (including phenoxy) is 1. The Morgan fingerprint density at radius 3 is 2.95 bits per heavy atom. The molecule has 1 heterocycles. The molecule has 5 nitrogen and oxygen atoms in total. The van der Waals surface area contributed by atoms with Gasteiger partial charge in [-0.05, 0) is 31.4 Å². The molecule has 1 saturated carbocycles. The van der Waals surface area contributed by atoms with Crippen LogP contribution < -0.4 is 10.5 Å². The highest BCUT2D eigenvalue weighted by atomic mass is 16.5. The average Bonchev–Trinajstić information content (AvgIpc) is 3.09.